The molecule has 4 nitrogen and oxygen atoms in total. The molecule has 0 radical (unpaired) electrons. The van der Waals surface area contributed by atoms with Crippen LogP contribution in [0.15, 0.2) is 42.5 Å². The van der Waals surface area contributed by atoms with Crippen LogP contribution in [-0.2, 0) is 6.54 Å². The molecule has 1 saturated heterocycles. The van der Waals surface area contributed by atoms with Crippen LogP contribution in [0.3, 0.4) is 0 Å². The van der Waals surface area contributed by atoms with Gasteiger partial charge in [0.2, 0.25) is 0 Å². The van der Waals surface area contributed by atoms with Crippen LogP contribution in [0, 0.1) is 0 Å². The first kappa shape index (κ1) is 15.2. The van der Waals surface area contributed by atoms with E-state index in [-0.39, 0.29) is 6.03 Å². The van der Waals surface area contributed by atoms with E-state index in [1.165, 1.54) is 10.8 Å². The fourth-order valence-electron chi connectivity index (χ4n) is 2.57. The zero-order valence-electron chi connectivity index (χ0n) is 12.3. The van der Waals surface area contributed by atoms with Gasteiger partial charge in [-0.15, -0.1) is 0 Å². The molecule has 2 aromatic carbocycles. The lowest BCUT2D eigenvalue weighted by molar-refractivity contribution is 0.0700. The Bertz CT molecular complexity index is 669. The number of aliphatic hydroxyl groups is 1. The number of rotatable bonds is 4. The maximum atomic E-state index is 11.8. The second-order valence-electron chi connectivity index (χ2n) is 5.74. The molecule has 1 heterocycles. The molecule has 1 atom stereocenters. The van der Waals surface area contributed by atoms with Crippen LogP contribution in [0.5, 0.6) is 0 Å². The van der Waals surface area contributed by atoms with Gasteiger partial charge < -0.3 is 15.7 Å². The fraction of sp³-hybridized carbons (Fsp3) is 0.353. The number of hydrogen-bond acceptors (Lipinski definition) is 3. The van der Waals surface area contributed by atoms with Crippen LogP contribution in [0.25, 0.3) is 10.8 Å². The third-order valence-electron chi connectivity index (χ3n) is 3.93. The molecule has 0 aliphatic carbocycles. The monoisotopic (exact) mass is 316 g/mol. The minimum absolute atomic E-state index is 0.238. The van der Waals surface area contributed by atoms with Gasteiger partial charge in [0.05, 0.1) is 5.60 Å². The predicted molar refractivity (Wildman–Crippen MR) is 91.1 cm³/mol. The number of carbonyl (C=O) groups excluding carboxylic acids is 1. The summed E-state index contributed by atoms with van der Waals surface area (Å²) in [5.74, 6) is 1.65. The number of thioether (sulfide) groups is 1. The van der Waals surface area contributed by atoms with Gasteiger partial charge in [0.15, 0.2) is 0 Å². The van der Waals surface area contributed by atoms with E-state index in [4.69, 9.17) is 0 Å². The molecule has 0 spiro atoms. The van der Waals surface area contributed by atoms with Gasteiger partial charge in [0, 0.05) is 18.8 Å². The third-order valence-corrected chi connectivity index (χ3v) is 5.16. The minimum atomic E-state index is -0.745. The van der Waals surface area contributed by atoms with Crippen molar-refractivity contribution >= 4 is 28.6 Å². The summed E-state index contributed by atoms with van der Waals surface area (Å²) in [6.07, 6.45) is 0.739. The summed E-state index contributed by atoms with van der Waals surface area (Å²) in [5, 5.41) is 18.1. The molecule has 1 aliphatic heterocycles. The van der Waals surface area contributed by atoms with Crippen LogP contribution in [0.1, 0.15) is 12.0 Å². The van der Waals surface area contributed by atoms with E-state index in [1.807, 2.05) is 18.2 Å². The fourth-order valence-corrected chi connectivity index (χ4v) is 3.87. The van der Waals surface area contributed by atoms with Gasteiger partial charge in [-0.3, -0.25) is 0 Å². The lowest BCUT2D eigenvalue weighted by Crippen LogP contribution is -2.46. The molecule has 3 N–H and O–H groups in total. The molecular weight excluding hydrogens is 296 g/mol. The van der Waals surface area contributed by atoms with E-state index in [9.17, 15) is 9.90 Å². The van der Waals surface area contributed by atoms with E-state index < -0.39 is 5.60 Å². The standard InChI is InChI=1S/C17H20N2O2S/c20-16(19-11-17(21)7-8-22-12-17)18-10-13-5-6-14-3-1-2-4-15(14)9-13/h1-6,9,21H,7-8,10-12H2,(H2,18,19,20)/t17-/m1/s1. The smallest absolute Gasteiger partial charge is 0.315 e. The number of nitrogens with one attached hydrogen (secondary N) is 2. The summed E-state index contributed by atoms with van der Waals surface area (Å²) < 4.78 is 0. The van der Waals surface area contributed by atoms with Crippen molar-refractivity contribution in [2.75, 3.05) is 18.1 Å². The summed E-state index contributed by atoms with van der Waals surface area (Å²) in [7, 11) is 0. The summed E-state index contributed by atoms with van der Waals surface area (Å²) in [6, 6.07) is 14.1. The highest BCUT2D eigenvalue weighted by Crippen LogP contribution is 2.26. The van der Waals surface area contributed by atoms with E-state index in [0.29, 0.717) is 18.8 Å². The van der Waals surface area contributed by atoms with Gasteiger partial charge in [0.1, 0.15) is 0 Å². The average molecular weight is 316 g/mol. The van der Waals surface area contributed by atoms with Crippen molar-refractivity contribution in [3.8, 4) is 0 Å². The van der Waals surface area contributed by atoms with Crippen molar-refractivity contribution in [3.63, 3.8) is 0 Å². The second kappa shape index (κ2) is 6.58. The molecule has 1 aliphatic rings. The Labute approximate surface area is 134 Å². The highest BCUT2D eigenvalue weighted by atomic mass is 32.2. The predicted octanol–water partition coefficient (Wildman–Crippen LogP) is 2.51. The van der Waals surface area contributed by atoms with Crippen molar-refractivity contribution in [3.05, 3.63) is 48.0 Å². The van der Waals surface area contributed by atoms with Crippen molar-refractivity contribution in [2.24, 2.45) is 0 Å². The van der Waals surface area contributed by atoms with Gasteiger partial charge >= 0.3 is 6.03 Å². The van der Waals surface area contributed by atoms with Gasteiger partial charge in [0.25, 0.3) is 0 Å². The van der Waals surface area contributed by atoms with Gasteiger partial charge in [-0.1, -0.05) is 36.4 Å². The largest absolute Gasteiger partial charge is 0.387 e. The number of hydrogen-bond donors (Lipinski definition) is 3. The summed E-state index contributed by atoms with van der Waals surface area (Å²) in [4.78, 5) is 11.8. The first-order valence-electron chi connectivity index (χ1n) is 7.44. The lowest BCUT2D eigenvalue weighted by atomic mass is 10.0. The lowest BCUT2D eigenvalue weighted by Gasteiger charge is -2.21. The summed E-state index contributed by atoms with van der Waals surface area (Å²) >= 11 is 1.72. The first-order chi connectivity index (χ1) is 10.6. The summed E-state index contributed by atoms with van der Waals surface area (Å²) in [6.45, 7) is 0.785. The molecular formula is C17H20N2O2S. The Kier molecular flexibility index (Phi) is 4.55. The maximum Gasteiger partial charge on any atom is 0.315 e. The highest BCUT2D eigenvalue weighted by molar-refractivity contribution is 7.99. The highest BCUT2D eigenvalue weighted by Gasteiger charge is 2.31. The van der Waals surface area contributed by atoms with Crippen molar-refractivity contribution < 1.29 is 9.90 Å². The van der Waals surface area contributed by atoms with E-state index in [1.54, 1.807) is 11.8 Å². The van der Waals surface area contributed by atoms with Gasteiger partial charge in [-0.2, -0.15) is 11.8 Å². The molecule has 22 heavy (non-hydrogen) atoms. The number of benzene rings is 2. The third kappa shape index (κ3) is 3.72. The number of fused-ring (bicyclic) bond motifs is 1. The van der Waals surface area contributed by atoms with Gasteiger partial charge in [-0.05, 0) is 34.6 Å². The van der Waals surface area contributed by atoms with Crippen molar-refractivity contribution in [1.82, 2.24) is 10.6 Å². The Morgan fingerprint density at radius 3 is 2.77 bits per heavy atom. The minimum Gasteiger partial charge on any atom is -0.387 e. The molecule has 3 rings (SSSR count). The maximum absolute atomic E-state index is 11.8. The normalized spacial score (nSPS) is 21.0. The van der Waals surface area contributed by atoms with Gasteiger partial charge in [-0.25, -0.2) is 4.79 Å². The molecule has 2 amide bonds. The number of urea groups is 1. The Morgan fingerprint density at radius 1 is 1.18 bits per heavy atom. The molecule has 0 saturated carbocycles. The van der Waals surface area contributed by atoms with Crippen LogP contribution in [0.2, 0.25) is 0 Å². The van der Waals surface area contributed by atoms with Crippen LogP contribution in [0.4, 0.5) is 4.79 Å². The van der Waals surface area contributed by atoms with Crippen LogP contribution in [-0.4, -0.2) is 34.8 Å². The van der Waals surface area contributed by atoms with E-state index >= 15 is 0 Å². The first-order valence-corrected chi connectivity index (χ1v) is 8.60. The average Bonchev–Trinajstić information content (AvgIpc) is 2.98. The Morgan fingerprint density at radius 2 is 2.00 bits per heavy atom. The van der Waals surface area contributed by atoms with E-state index in [2.05, 4.69) is 34.9 Å². The second-order valence-corrected chi connectivity index (χ2v) is 6.85. The Hall–Kier alpha value is -1.72. The van der Waals surface area contributed by atoms with E-state index in [0.717, 1.165) is 17.7 Å². The topological polar surface area (TPSA) is 61.4 Å². The molecule has 1 fully saturated rings. The quantitative estimate of drug-likeness (QED) is 0.812. The summed E-state index contributed by atoms with van der Waals surface area (Å²) in [5.41, 5.74) is 0.314. The number of carbonyl (C=O) groups is 1. The SMILES string of the molecule is O=C(NCc1ccc2ccccc2c1)NC[C@]1(O)CCSC1. The number of amides is 2. The molecule has 2 aromatic rings. The van der Waals surface area contributed by atoms with Crippen LogP contribution >= 0.6 is 11.8 Å². The van der Waals surface area contributed by atoms with Crippen LogP contribution < -0.4 is 10.6 Å². The molecule has 0 bridgehead atoms. The van der Waals surface area contributed by atoms with Crippen molar-refractivity contribution in [1.29, 1.82) is 0 Å². The molecule has 5 heteroatoms. The molecule has 0 unspecified atom stereocenters. The zero-order valence-corrected chi connectivity index (χ0v) is 13.2. The Balaban J connectivity index is 1.51. The molecule has 116 valence electrons. The molecule has 0 aromatic heterocycles. The van der Waals surface area contributed by atoms with Crippen molar-refractivity contribution in [2.45, 2.75) is 18.6 Å². The zero-order chi connectivity index (χ0) is 15.4.